The maximum Gasteiger partial charge on any atom is 0.488 e. The first-order valence-corrected chi connectivity index (χ1v) is 7.13. The summed E-state index contributed by atoms with van der Waals surface area (Å²) in [6.45, 7) is 3.78. The zero-order valence-electron chi connectivity index (χ0n) is 11.6. The standard InChI is InChI=1S/C14H21BN2O3/c18-14(12-4-6-13(7-5-12)15(19)20)16-8-11-17-9-2-1-3-10-17/h4-7,19-20H,1-3,8-11H2,(H,16,18). The van der Waals surface area contributed by atoms with Crippen LogP contribution in [-0.2, 0) is 0 Å². The van der Waals surface area contributed by atoms with Crippen LogP contribution in [0.1, 0.15) is 29.6 Å². The van der Waals surface area contributed by atoms with E-state index in [0.717, 1.165) is 19.6 Å². The molecular formula is C14H21BN2O3. The number of benzene rings is 1. The van der Waals surface area contributed by atoms with Crippen molar-refractivity contribution in [3.05, 3.63) is 29.8 Å². The number of nitrogens with one attached hydrogen (secondary N) is 1. The second-order valence-electron chi connectivity index (χ2n) is 5.15. The van der Waals surface area contributed by atoms with E-state index < -0.39 is 7.12 Å². The van der Waals surface area contributed by atoms with Crippen molar-refractivity contribution in [2.24, 2.45) is 0 Å². The summed E-state index contributed by atoms with van der Waals surface area (Å²) < 4.78 is 0. The highest BCUT2D eigenvalue weighted by Crippen LogP contribution is 2.07. The van der Waals surface area contributed by atoms with Gasteiger partial charge in [0.05, 0.1) is 0 Å². The SMILES string of the molecule is O=C(NCCN1CCCCC1)c1ccc(B(O)O)cc1. The van der Waals surface area contributed by atoms with E-state index in [4.69, 9.17) is 10.0 Å². The summed E-state index contributed by atoms with van der Waals surface area (Å²) in [6.07, 6.45) is 3.81. The quantitative estimate of drug-likeness (QED) is 0.639. The van der Waals surface area contributed by atoms with E-state index in [2.05, 4.69) is 10.2 Å². The van der Waals surface area contributed by atoms with E-state index in [1.165, 1.54) is 19.3 Å². The fourth-order valence-corrected chi connectivity index (χ4v) is 2.42. The summed E-state index contributed by atoms with van der Waals surface area (Å²) >= 11 is 0. The predicted molar refractivity (Wildman–Crippen MR) is 78.9 cm³/mol. The molecule has 20 heavy (non-hydrogen) atoms. The first-order chi connectivity index (χ1) is 9.66. The monoisotopic (exact) mass is 276 g/mol. The Morgan fingerprint density at radius 3 is 2.40 bits per heavy atom. The van der Waals surface area contributed by atoms with Gasteiger partial charge in [-0.15, -0.1) is 0 Å². The summed E-state index contributed by atoms with van der Waals surface area (Å²) in [5.74, 6) is -0.124. The van der Waals surface area contributed by atoms with E-state index >= 15 is 0 Å². The molecule has 1 saturated heterocycles. The van der Waals surface area contributed by atoms with Crippen LogP contribution >= 0.6 is 0 Å². The number of amides is 1. The molecule has 1 amide bonds. The Bertz CT molecular complexity index is 431. The average molecular weight is 276 g/mol. The van der Waals surface area contributed by atoms with E-state index in [0.29, 0.717) is 17.6 Å². The molecule has 5 nitrogen and oxygen atoms in total. The van der Waals surface area contributed by atoms with Crippen molar-refractivity contribution in [2.45, 2.75) is 19.3 Å². The molecule has 1 aromatic rings. The zero-order chi connectivity index (χ0) is 14.4. The molecule has 1 heterocycles. The number of carbonyl (C=O) groups excluding carboxylic acids is 1. The van der Waals surface area contributed by atoms with E-state index in [1.807, 2.05) is 0 Å². The summed E-state index contributed by atoms with van der Waals surface area (Å²) in [5, 5.41) is 20.9. The van der Waals surface area contributed by atoms with Crippen molar-refractivity contribution >= 4 is 18.5 Å². The largest absolute Gasteiger partial charge is 0.488 e. The number of nitrogens with zero attached hydrogens (tertiary/aromatic N) is 1. The fourth-order valence-electron chi connectivity index (χ4n) is 2.42. The Morgan fingerprint density at radius 2 is 1.80 bits per heavy atom. The molecule has 3 N–H and O–H groups in total. The Hall–Kier alpha value is -1.37. The maximum absolute atomic E-state index is 11.9. The fraction of sp³-hybridized carbons (Fsp3) is 0.500. The van der Waals surface area contributed by atoms with Gasteiger partial charge in [-0.05, 0) is 43.5 Å². The topological polar surface area (TPSA) is 72.8 Å². The zero-order valence-corrected chi connectivity index (χ0v) is 11.6. The van der Waals surface area contributed by atoms with Gasteiger partial charge in [0.2, 0.25) is 0 Å². The molecular weight excluding hydrogens is 255 g/mol. The van der Waals surface area contributed by atoms with Gasteiger partial charge in [-0.25, -0.2) is 0 Å². The lowest BCUT2D eigenvalue weighted by Gasteiger charge is -2.26. The van der Waals surface area contributed by atoms with Crippen molar-refractivity contribution in [2.75, 3.05) is 26.2 Å². The van der Waals surface area contributed by atoms with Crippen LogP contribution in [0.2, 0.25) is 0 Å². The van der Waals surface area contributed by atoms with Gasteiger partial charge in [-0.3, -0.25) is 4.79 Å². The maximum atomic E-state index is 11.9. The second kappa shape index (κ2) is 7.43. The van der Waals surface area contributed by atoms with Crippen LogP contribution in [0.25, 0.3) is 0 Å². The molecule has 2 rings (SSSR count). The normalized spacial score (nSPS) is 15.9. The molecule has 0 unspecified atom stereocenters. The highest BCUT2D eigenvalue weighted by atomic mass is 16.4. The van der Waals surface area contributed by atoms with Crippen molar-refractivity contribution in [3.8, 4) is 0 Å². The third kappa shape index (κ3) is 4.33. The highest BCUT2D eigenvalue weighted by Gasteiger charge is 2.13. The smallest absolute Gasteiger partial charge is 0.423 e. The Labute approximate surface area is 119 Å². The Kier molecular flexibility index (Phi) is 5.58. The number of likely N-dealkylation sites (tertiary alicyclic amines) is 1. The average Bonchev–Trinajstić information content (AvgIpc) is 2.48. The minimum Gasteiger partial charge on any atom is -0.423 e. The summed E-state index contributed by atoms with van der Waals surface area (Å²) in [6, 6.07) is 6.30. The number of hydrogen-bond donors (Lipinski definition) is 3. The summed E-state index contributed by atoms with van der Waals surface area (Å²) in [4.78, 5) is 14.3. The molecule has 1 aromatic carbocycles. The molecule has 6 heteroatoms. The third-order valence-electron chi connectivity index (χ3n) is 3.63. The summed E-state index contributed by atoms with van der Waals surface area (Å²) in [7, 11) is -1.49. The minimum absolute atomic E-state index is 0.124. The summed E-state index contributed by atoms with van der Waals surface area (Å²) in [5.41, 5.74) is 0.919. The van der Waals surface area contributed by atoms with Gasteiger partial charge in [0.15, 0.2) is 0 Å². The highest BCUT2D eigenvalue weighted by molar-refractivity contribution is 6.58. The van der Waals surface area contributed by atoms with Crippen LogP contribution in [0.3, 0.4) is 0 Å². The molecule has 0 radical (unpaired) electrons. The van der Waals surface area contributed by atoms with E-state index in [-0.39, 0.29) is 5.91 Å². The van der Waals surface area contributed by atoms with E-state index in [9.17, 15) is 4.79 Å². The van der Waals surface area contributed by atoms with Gasteiger partial charge in [-0.1, -0.05) is 18.6 Å². The van der Waals surface area contributed by atoms with Crippen LogP contribution < -0.4 is 10.8 Å². The molecule has 1 aliphatic rings. The van der Waals surface area contributed by atoms with Crippen molar-refractivity contribution < 1.29 is 14.8 Å². The third-order valence-corrected chi connectivity index (χ3v) is 3.63. The lowest BCUT2D eigenvalue weighted by atomic mass is 9.80. The molecule has 0 aromatic heterocycles. The molecule has 0 saturated carbocycles. The number of carbonyl (C=O) groups is 1. The van der Waals surface area contributed by atoms with Crippen molar-refractivity contribution in [3.63, 3.8) is 0 Å². The minimum atomic E-state index is -1.49. The molecule has 108 valence electrons. The van der Waals surface area contributed by atoms with Crippen LogP contribution in [0.15, 0.2) is 24.3 Å². The molecule has 0 atom stereocenters. The predicted octanol–water partition coefficient (Wildman–Crippen LogP) is -0.418. The van der Waals surface area contributed by atoms with E-state index in [1.54, 1.807) is 24.3 Å². The van der Waals surface area contributed by atoms with Gasteiger partial charge in [0.1, 0.15) is 0 Å². The molecule has 1 fully saturated rings. The van der Waals surface area contributed by atoms with Crippen LogP contribution in [0, 0.1) is 0 Å². The molecule has 0 spiro atoms. The van der Waals surface area contributed by atoms with Crippen molar-refractivity contribution in [1.29, 1.82) is 0 Å². The Balaban J connectivity index is 1.76. The lowest BCUT2D eigenvalue weighted by molar-refractivity contribution is 0.0946. The first kappa shape index (κ1) is 15.0. The second-order valence-corrected chi connectivity index (χ2v) is 5.15. The van der Waals surface area contributed by atoms with Crippen LogP contribution in [0.5, 0.6) is 0 Å². The van der Waals surface area contributed by atoms with Crippen LogP contribution in [-0.4, -0.2) is 54.2 Å². The first-order valence-electron chi connectivity index (χ1n) is 7.13. The number of rotatable bonds is 5. The van der Waals surface area contributed by atoms with Gasteiger partial charge in [-0.2, -0.15) is 0 Å². The molecule has 0 aliphatic carbocycles. The van der Waals surface area contributed by atoms with Gasteiger partial charge in [0.25, 0.3) is 5.91 Å². The number of hydrogen-bond acceptors (Lipinski definition) is 4. The van der Waals surface area contributed by atoms with Gasteiger partial charge >= 0.3 is 7.12 Å². The Morgan fingerprint density at radius 1 is 1.15 bits per heavy atom. The lowest BCUT2D eigenvalue weighted by Crippen LogP contribution is -2.37. The number of piperidine rings is 1. The van der Waals surface area contributed by atoms with Gasteiger partial charge < -0.3 is 20.3 Å². The molecule has 1 aliphatic heterocycles. The van der Waals surface area contributed by atoms with Gasteiger partial charge in [0, 0.05) is 18.7 Å². The molecule has 0 bridgehead atoms. The van der Waals surface area contributed by atoms with Crippen molar-refractivity contribution in [1.82, 2.24) is 10.2 Å². The van der Waals surface area contributed by atoms with Crippen LogP contribution in [0.4, 0.5) is 0 Å².